The number of nitrogens with one attached hydrogen (secondary N) is 1. The Labute approximate surface area is 188 Å². The number of non-ortho nitro benzene ring substituents is 1. The number of thiocarbonyl (C=S) groups is 1. The second-order valence-electron chi connectivity index (χ2n) is 7.05. The second kappa shape index (κ2) is 8.56. The number of benzene rings is 2. The van der Waals surface area contributed by atoms with Crippen molar-refractivity contribution in [2.75, 3.05) is 5.32 Å². The Morgan fingerprint density at radius 1 is 1.25 bits per heavy atom. The third-order valence-corrected chi connectivity index (χ3v) is 5.18. The van der Waals surface area contributed by atoms with Crippen molar-refractivity contribution in [2.45, 2.75) is 13.3 Å². The van der Waals surface area contributed by atoms with E-state index in [-0.39, 0.29) is 29.1 Å². The van der Waals surface area contributed by atoms with Crippen LogP contribution in [0.15, 0.2) is 65.1 Å². The summed E-state index contributed by atoms with van der Waals surface area (Å²) in [5.41, 5.74) is 2.47. The van der Waals surface area contributed by atoms with E-state index < -0.39 is 4.92 Å². The number of aromatic hydroxyl groups is 1. The SMILES string of the molecule is CC(=O)Nc1oc(-c2ccc(-c3cccc([N+](=O)[O-])c3)cc2O)nc1C1=CC=CCC1=S. The average Bonchev–Trinajstić information content (AvgIpc) is 3.16. The molecule has 160 valence electrons. The summed E-state index contributed by atoms with van der Waals surface area (Å²) in [5, 5.41) is 24.3. The van der Waals surface area contributed by atoms with Gasteiger partial charge < -0.3 is 9.52 Å². The van der Waals surface area contributed by atoms with Crippen LogP contribution in [0, 0.1) is 10.1 Å². The van der Waals surface area contributed by atoms with Gasteiger partial charge in [-0.3, -0.25) is 20.2 Å². The Morgan fingerprint density at radius 2 is 2.03 bits per heavy atom. The number of amides is 1. The van der Waals surface area contributed by atoms with E-state index >= 15 is 0 Å². The summed E-state index contributed by atoms with van der Waals surface area (Å²) in [7, 11) is 0. The number of phenols is 1. The molecule has 2 N–H and O–H groups in total. The van der Waals surface area contributed by atoms with Gasteiger partial charge in [-0.25, -0.2) is 4.98 Å². The summed E-state index contributed by atoms with van der Waals surface area (Å²) in [5.74, 6) is -0.225. The molecule has 0 spiro atoms. The third-order valence-electron chi connectivity index (χ3n) is 4.79. The van der Waals surface area contributed by atoms with Gasteiger partial charge in [-0.15, -0.1) is 0 Å². The number of carbonyl (C=O) groups is 1. The first-order valence-corrected chi connectivity index (χ1v) is 10.0. The summed E-state index contributed by atoms with van der Waals surface area (Å²) < 4.78 is 5.77. The number of hydrogen-bond donors (Lipinski definition) is 2. The lowest BCUT2D eigenvalue weighted by Gasteiger charge is -2.09. The molecule has 0 atom stereocenters. The molecule has 0 saturated heterocycles. The molecule has 8 nitrogen and oxygen atoms in total. The van der Waals surface area contributed by atoms with Crippen LogP contribution in [0.2, 0.25) is 0 Å². The van der Waals surface area contributed by atoms with Gasteiger partial charge in [-0.2, -0.15) is 0 Å². The topological polar surface area (TPSA) is 118 Å². The highest BCUT2D eigenvalue weighted by molar-refractivity contribution is 7.81. The zero-order valence-electron chi connectivity index (χ0n) is 16.9. The third kappa shape index (κ3) is 4.19. The van der Waals surface area contributed by atoms with Crippen molar-refractivity contribution in [1.29, 1.82) is 0 Å². The van der Waals surface area contributed by atoms with Crippen molar-refractivity contribution in [3.63, 3.8) is 0 Å². The average molecular weight is 447 g/mol. The fourth-order valence-electron chi connectivity index (χ4n) is 3.31. The highest BCUT2D eigenvalue weighted by Crippen LogP contribution is 2.38. The van der Waals surface area contributed by atoms with E-state index in [4.69, 9.17) is 16.6 Å². The summed E-state index contributed by atoms with van der Waals surface area (Å²) >= 11 is 5.42. The van der Waals surface area contributed by atoms with Crippen LogP contribution >= 0.6 is 12.2 Å². The Morgan fingerprint density at radius 3 is 2.72 bits per heavy atom. The van der Waals surface area contributed by atoms with E-state index in [0.29, 0.717) is 39.2 Å². The first-order valence-electron chi connectivity index (χ1n) is 9.60. The predicted molar refractivity (Wildman–Crippen MR) is 124 cm³/mol. The summed E-state index contributed by atoms with van der Waals surface area (Å²) in [6, 6.07) is 10.9. The predicted octanol–water partition coefficient (Wildman–Crippen LogP) is 5.29. The van der Waals surface area contributed by atoms with Crippen LogP contribution in [0.5, 0.6) is 5.75 Å². The molecule has 2 aromatic carbocycles. The van der Waals surface area contributed by atoms with Crippen LogP contribution in [0.1, 0.15) is 19.0 Å². The summed E-state index contributed by atoms with van der Waals surface area (Å²) in [6.45, 7) is 1.35. The molecular formula is C23H17N3O5S. The summed E-state index contributed by atoms with van der Waals surface area (Å²) in [4.78, 5) is 27.4. The Hall–Kier alpha value is -4.11. The molecule has 0 saturated carbocycles. The maximum atomic E-state index is 11.7. The minimum Gasteiger partial charge on any atom is -0.507 e. The first kappa shape index (κ1) is 21.1. The lowest BCUT2D eigenvalue weighted by atomic mass is 10.0. The van der Waals surface area contributed by atoms with Gasteiger partial charge in [0.2, 0.25) is 17.7 Å². The minimum absolute atomic E-state index is 0.0471. The molecule has 0 radical (unpaired) electrons. The largest absolute Gasteiger partial charge is 0.507 e. The molecule has 0 bridgehead atoms. The van der Waals surface area contributed by atoms with Gasteiger partial charge in [-0.05, 0) is 23.3 Å². The van der Waals surface area contributed by atoms with Crippen LogP contribution in [0.4, 0.5) is 11.6 Å². The van der Waals surface area contributed by atoms with E-state index in [1.165, 1.54) is 25.1 Å². The van der Waals surface area contributed by atoms with E-state index in [1.54, 1.807) is 30.3 Å². The number of rotatable bonds is 5. The number of aromatic nitrogens is 1. The van der Waals surface area contributed by atoms with Crippen LogP contribution in [-0.4, -0.2) is 25.8 Å². The summed E-state index contributed by atoms with van der Waals surface area (Å²) in [6.07, 6.45) is 6.14. The number of hydrogen-bond acceptors (Lipinski definition) is 7. The molecule has 32 heavy (non-hydrogen) atoms. The number of nitro groups is 1. The van der Waals surface area contributed by atoms with Gasteiger partial charge >= 0.3 is 0 Å². The van der Waals surface area contributed by atoms with Crippen LogP contribution in [-0.2, 0) is 4.79 Å². The Bertz CT molecular complexity index is 1320. The van der Waals surface area contributed by atoms with Crippen LogP contribution in [0.25, 0.3) is 28.2 Å². The molecule has 1 aliphatic carbocycles. The zero-order chi connectivity index (χ0) is 22.8. The zero-order valence-corrected chi connectivity index (χ0v) is 17.7. The molecule has 3 aromatic rings. The Kier molecular flexibility index (Phi) is 5.65. The van der Waals surface area contributed by atoms with Crippen molar-refractivity contribution in [1.82, 2.24) is 4.98 Å². The lowest BCUT2D eigenvalue weighted by Crippen LogP contribution is -2.09. The minimum atomic E-state index is -0.477. The van der Waals surface area contributed by atoms with Crippen molar-refractivity contribution in [3.8, 4) is 28.3 Å². The quantitative estimate of drug-likeness (QED) is 0.310. The molecule has 0 aliphatic heterocycles. The molecule has 0 fully saturated rings. The molecule has 1 heterocycles. The maximum Gasteiger partial charge on any atom is 0.270 e. The fraction of sp³-hybridized carbons (Fsp3) is 0.0870. The number of anilines is 1. The number of phenolic OH excluding ortho intramolecular Hbond substituents is 1. The van der Waals surface area contributed by atoms with Gasteiger partial charge in [0, 0.05) is 35.9 Å². The molecule has 0 unspecified atom stereocenters. The standard InChI is InChI=1S/C23H17N3O5S/c1-13(27)24-23-21(18-7-2-3-8-20(18)32)25-22(31-23)17-10-9-15(12-19(17)28)14-5-4-6-16(11-14)26(29)30/h2-7,9-12,28H,8H2,1H3,(H,24,27). The van der Waals surface area contributed by atoms with Crippen molar-refractivity contribution < 1.29 is 19.2 Å². The molecule has 4 rings (SSSR count). The van der Waals surface area contributed by atoms with Crippen molar-refractivity contribution >= 4 is 40.1 Å². The van der Waals surface area contributed by atoms with Crippen LogP contribution in [0.3, 0.4) is 0 Å². The smallest absolute Gasteiger partial charge is 0.270 e. The van der Waals surface area contributed by atoms with E-state index in [9.17, 15) is 20.0 Å². The maximum absolute atomic E-state index is 11.7. The number of nitrogens with zero attached hydrogens (tertiary/aromatic N) is 2. The van der Waals surface area contributed by atoms with Crippen LogP contribution < -0.4 is 5.32 Å². The highest BCUT2D eigenvalue weighted by Gasteiger charge is 2.23. The lowest BCUT2D eigenvalue weighted by molar-refractivity contribution is -0.384. The Balaban J connectivity index is 1.75. The van der Waals surface area contributed by atoms with Gasteiger partial charge in [0.1, 0.15) is 11.4 Å². The molecule has 1 amide bonds. The van der Waals surface area contributed by atoms with E-state index in [2.05, 4.69) is 10.3 Å². The van der Waals surface area contributed by atoms with E-state index in [0.717, 1.165) is 0 Å². The van der Waals surface area contributed by atoms with Gasteiger partial charge in [0.25, 0.3) is 5.69 Å². The van der Waals surface area contributed by atoms with Gasteiger partial charge in [0.05, 0.1) is 10.5 Å². The van der Waals surface area contributed by atoms with Gasteiger partial charge in [-0.1, -0.05) is 48.6 Å². The monoisotopic (exact) mass is 447 g/mol. The fourth-order valence-corrected chi connectivity index (χ4v) is 3.57. The second-order valence-corrected chi connectivity index (χ2v) is 7.55. The highest BCUT2D eigenvalue weighted by atomic mass is 32.1. The molecule has 1 aliphatic rings. The molecular weight excluding hydrogens is 430 g/mol. The van der Waals surface area contributed by atoms with Crippen molar-refractivity contribution in [2.24, 2.45) is 0 Å². The number of carbonyl (C=O) groups excluding carboxylic acids is 1. The molecule has 9 heteroatoms. The van der Waals surface area contributed by atoms with Crippen molar-refractivity contribution in [3.05, 3.63) is 76.5 Å². The number of allylic oxidation sites excluding steroid dienone is 4. The van der Waals surface area contributed by atoms with E-state index in [1.807, 2.05) is 12.2 Å². The first-order chi connectivity index (χ1) is 15.3. The number of nitro benzene ring substituents is 1. The molecule has 1 aromatic heterocycles. The van der Waals surface area contributed by atoms with Gasteiger partial charge in [0.15, 0.2) is 0 Å². The number of oxazole rings is 1. The normalized spacial score (nSPS) is 13.0.